The highest BCUT2D eigenvalue weighted by Crippen LogP contribution is 2.51. The summed E-state index contributed by atoms with van der Waals surface area (Å²) in [6, 6.07) is 46.7. The van der Waals surface area contributed by atoms with Crippen molar-refractivity contribution in [2.45, 2.75) is 26.2 Å². The minimum Gasteiger partial charge on any atom is -0.456 e. The Morgan fingerprint density at radius 2 is 1.19 bits per heavy atom. The first kappa shape index (κ1) is 25.5. The number of hydrogen-bond donors (Lipinski definition) is 0. The SMILES string of the molecule is CC(C)(C)c1ccc2c(c1)c1c3n2-c2cccc4c2B3c2c(cccc2N4c2cccc3oc4ccccc4c23)N1c1ccccc1. The molecule has 5 heteroatoms. The second-order valence-corrected chi connectivity index (χ2v) is 14.2. The second kappa shape index (κ2) is 8.57. The zero-order chi connectivity index (χ0) is 31.2. The third-order valence-electron chi connectivity index (χ3n) is 10.6. The maximum atomic E-state index is 6.41. The molecule has 47 heavy (non-hydrogen) atoms. The molecule has 0 saturated carbocycles. The molecule has 222 valence electrons. The average Bonchev–Trinajstić information content (AvgIpc) is 3.75. The first-order valence-corrected chi connectivity index (χ1v) is 16.5. The lowest BCUT2D eigenvalue weighted by atomic mass is 9.36. The monoisotopic (exact) mass is 603 g/mol. The van der Waals surface area contributed by atoms with E-state index in [-0.39, 0.29) is 12.1 Å². The van der Waals surface area contributed by atoms with Crippen LogP contribution in [0.4, 0.5) is 34.1 Å². The zero-order valence-corrected chi connectivity index (χ0v) is 26.5. The summed E-state index contributed by atoms with van der Waals surface area (Å²) in [5.74, 6) is 0. The number of furan rings is 1. The third kappa shape index (κ3) is 3.10. The molecule has 3 aliphatic heterocycles. The molecule has 6 aromatic carbocycles. The van der Waals surface area contributed by atoms with Crippen molar-refractivity contribution in [2.24, 2.45) is 0 Å². The van der Waals surface area contributed by atoms with Gasteiger partial charge in [0.2, 0.25) is 0 Å². The molecule has 0 fully saturated rings. The first-order chi connectivity index (χ1) is 23.0. The van der Waals surface area contributed by atoms with Crippen LogP contribution in [0.5, 0.6) is 0 Å². The van der Waals surface area contributed by atoms with Gasteiger partial charge >= 0.3 is 0 Å². The van der Waals surface area contributed by atoms with Crippen LogP contribution in [0.2, 0.25) is 0 Å². The highest BCUT2D eigenvalue weighted by Gasteiger charge is 2.51. The van der Waals surface area contributed by atoms with Crippen molar-refractivity contribution in [2.75, 3.05) is 9.80 Å². The van der Waals surface area contributed by atoms with Crippen molar-refractivity contribution in [3.63, 3.8) is 0 Å². The molecule has 5 heterocycles. The van der Waals surface area contributed by atoms with E-state index in [1.165, 1.54) is 67.1 Å². The fourth-order valence-corrected chi connectivity index (χ4v) is 8.69. The summed E-state index contributed by atoms with van der Waals surface area (Å²) in [6.45, 7) is 7.05. The van der Waals surface area contributed by atoms with Gasteiger partial charge in [0.05, 0.1) is 22.3 Å². The Bertz CT molecular complexity index is 2640. The van der Waals surface area contributed by atoms with E-state index >= 15 is 0 Å². The van der Waals surface area contributed by atoms with Crippen LogP contribution in [0.25, 0.3) is 38.5 Å². The quantitative estimate of drug-likeness (QED) is 0.184. The molecular weight excluding hydrogens is 573 g/mol. The standard InChI is InChI=1S/C42H30BN3O/c1-42(2,3)25-22-23-29-28(24-25)40-41-43-38-31(44(40)26-12-5-4-6-13-26)16-9-17-32(38)45(33-18-10-19-34(39(33)43)46(29)41)30-15-11-21-36-37(30)27-14-7-8-20-35(27)47-36/h4-24H,1-3H3. The van der Waals surface area contributed by atoms with Gasteiger partial charge in [0.25, 0.3) is 6.71 Å². The fraction of sp³-hybridized carbons (Fsp3) is 0.0952. The van der Waals surface area contributed by atoms with Gasteiger partial charge in [-0.3, -0.25) is 0 Å². The van der Waals surface area contributed by atoms with E-state index in [4.69, 9.17) is 4.42 Å². The molecule has 0 amide bonds. The zero-order valence-electron chi connectivity index (χ0n) is 26.5. The summed E-state index contributed by atoms with van der Waals surface area (Å²) in [7, 11) is 0. The van der Waals surface area contributed by atoms with E-state index in [0.717, 1.165) is 27.6 Å². The van der Waals surface area contributed by atoms with Gasteiger partial charge < -0.3 is 18.8 Å². The van der Waals surface area contributed by atoms with E-state index < -0.39 is 0 Å². The van der Waals surface area contributed by atoms with Crippen LogP contribution in [0.3, 0.4) is 0 Å². The molecule has 0 saturated heterocycles. The number of benzene rings is 6. The molecule has 0 unspecified atom stereocenters. The highest BCUT2D eigenvalue weighted by atomic mass is 16.3. The largest absolute Gasteiger partial charge is 0.456 e. The van der Waals surface area contributed by atoms with Gasteiger partial charge in [-0.15, -0.1) is 0 Å². The molecule has 8 aromatic rings. The Labute approximate surface area is 273 Å². The van der Waals surface area contributed by atoms with Crippen molar-refractivity contribution in [3.05, 3.63) is 133 Å². The number of fused-ring (bicyclic) bond motifs is 7. The minimum atomic E-state index is 0.0410. The van der Waals surface area contributed by atoms with Gasteiger partial charge in [0, 0.05) is 44.8 Å². The molecule has 0 spiro atoms. The van der Waals surface area contributed by atoms with E-state index in [0.29, 0.717) is 0 Å². The fourth-order valence-electron chi connectivity index (χ4n) is 8.69. The Hall–Kier alpha value is -5.68. The predicted octanol–water partition coefficient (Wildman–Crippen LogP) is 9.22. The summed E-state index contributed by atoms with van der Waals surface area (Å²) in [5.41, 5.74) is 17.1. The molecule has 2 aromatic heterocycles. The van der Waals surface area contributed by atoms with E-state index in [9.17, 15) is 0 Å². The van der Waals surface area contributed by atoms with Crippen LogP contribution in [0, 0.1) is 0 Å². The summed E-state index contributed by atoms with van der Waals surface area (Å²) in [4.78, 5) is 5.03. The summed E-state index contributed by atoms with van der Waals surface area (Å²) in [6.07, 6.45) is 0. The third-order valence-corrected chi connectivity index (χ3v) is 10.6. The maximum absolute atomic E-state index is 6.41. The van der Waals surface area contributed by atoms with Gasteiger partial charge in [-0.05, 0) is 88.6 Å². The van der Waals surface area contributed by atoms with Crippen molar-refractivity contribution in [1.82, 2.24) is 4.57 Å². The maximum Gasteiger partial charge on any atom is 0.275 e. The van der Waals surface area contributed by atoms with Crippen LogP contribution in [0.1, 0.15) is 26.3 Å². The number of rotatable bonds is 2. The number of para-hydroxylation sites is 2. The lowest BCUT2D eigenvalue weighted by Gasteiger charge is -2.41. The van der Waals surface area contributed by atoms with Gasteiger partial charge in [0.1, 0.15) is 11.2 Å². The van der Waals surface area contributed by atoms with Gasteiger partial charge in [0.15, 0.2) is 0 Å². The molecule has 0 atom stereocenters. The Morgan fingerprint density at radius 1 is 0.553 bits per heavy atom. The number of nitrogens with zero attached hydrogens (tertiary/aromatic N) is 3. The topological polar surface area (TPSA) is 24.6 Å². The van der Waals surface area contributed by atoms with Crippen molar-refractivity contribution in [1.29, 1.82) is 0 Å². The van der Waals surface area contributed by atoms with Gasteiger partial charge in [-0.1, -0.05) is 81.4 Å². The van der Waals surface area contributed by atoms with E-state index in [1.54, 1.807) is 0 Å². The van der Waals surface area contributed by atoms with Gasteiger partial charge in [-0.2, -0.15) is 0 Å². The molecule has 11 rings (SSSR count). The van der Waals surface area contributed by atoms with Crippen molar-refractivity contribution < 1.29 is 4.42 Å². The molecule has 4 nitrogen and oxygen atoms in total. The summed E-state index contributed by atoms with van der Waals surface area (Å²) < 4.78 is 8.97. The lowest BCUT2D eigenvalue weighted by Crippen LogP contribution is -2.59. The Balaban J connectivity index is 1.30. The minimum absolute atomic E-state index is 0.0410. The number of aromatic nitrogens is 1. The lowest BCUT2D eigenvalue weighted by molar-refractivity contribution is 0.591. The molecule has 0 N–H and O–H groups in total. The molecule has 0 bridgehead atoms. The van der Waals surface area contributed by atoms with Crippen LogP contribution in [0.15, 0.2) is 132 Å². The predicted molar refractivity (Wildman–Crippen MR) is 197 cm³/mol. The number of anilines is 6. The highest BCUT2D eigenvalue weighted by molar-refractivity contribution is 7.02. The van der Waals surface area contributed by atoms with E-state index in [2.05, 4.69) is 156 Å². The Morgan fingerprint density at radius 3 is 1.98 bits per heavy atom. The molecular formula is C42H30BN3O. The van der Waals surface area contributed by atoms with Gasteiger partial charge in [-0.25, -0.2) is 0 Å². The molecule has 3 aliphatic rings. The van der Waals surface area contributed by atoms with Crippen LogP contribution >= 0.6 is 0 Å². The van der Waals surface area contributed by atoms with E-state index in [1.807, 2.05) is 6.07 Å². The van der Waals surface area contributed by atoms with Crippen LogP contribution in [-0.4, -0.2) is 11.3 Å². The average molecular weight is 604 g/mol. The smallest absolute Gasteiger partial charge is 0.275 e. The second-order valence-electron chi connectivity index (χ2n) is 14.2. The van der Waals surface area contributed by atoms with Crippen molar-refractivity contribution >= 4 is 90.2 Å². The molecule has 0 aliphatic carbocycles. The van der Waals surface area contributed by atoms with Crippen molar-refractivity contribution in [3.8, 4) is 5.69 Å². The normalized spacial score (nSPS) is 14.1. The van der Waals surface area contributed by atoms with Crippen LogP contribution < -0.4 is 26.3 Å². The number of hydrogen-bond acceptors (Lipinski definition) is 3. The van der Waals surface area contributed by atoms with Crippen LogP contribution in [-0.2, 0) is 5.41 Å². The first-order valence-electron chi connectivity index (χ1n) is 16.5. The molecule has 0 radical (unpaired) electrons. The summed E-state index contributed by atoms with van der Waals surface area (Å²) >= 11 is 0. The summed E-state index contributed by atoms with van der Waals surface area (Å²) in [5, 5.41) is 3.59. The Kier molecular flexibility index (Phi) is 4.65.